The number of halogens is 7. The minimum Gasteiger partial charge on any atom is -0.497 e. The Labute approximate surface area is 870 Å². The van der Waals surface area contributed by atoms with Gasteiger partial charge in [-0.3, -0.25) is 4.98 Å². The van der Waals surface area contributed by atoms with Crippen LogP contribution >= 0.6 is 89.9 Å². The summed E-state index contributed by atoms with van der Waals surface area (Å²) in [6.45, 7) is 4.52. The summed E-state index contributed by atoms with van der Waals surface area (Å²) < 4.78 is 53.6. The third kappa shape index (κ3) is 34.2. The minimum absolute atomic E-state index is 0.261. The molecule has 0 aliphatic rings. The number of nitrogens with one attached hydrogen (secondary N) is 1. The zero-order valence-corrected chi connectivity index (χ0v) is 85.1. The number of nitrogens with zero attached hydrogens (tertiary/aromatic N) is 4. The topological polar surface area (TPSA) is 300 Å². The Bertz CT molecular complexity index is 6870. The maximum Gasteiger partial charge on any atom is 0.335 e. The molecule has 16 rings (SSSR count). The van der Waals surface area contributed by atoms with E-state index < -0.39 is 23.9 Å². The van der Waals surface area contributed by atoms with Crippen molar-refractivity contribution >= 4 is 126 Å². The Kier molecular flexibility index (Phi) is 41.8. The van der Waals surface area contributed by atoms with Crippen LogP contribution in [0.1, 0.15) is 132 Å². The number of tetrazole rings is 1. The van der Waals surface area contributed by atoms with E-state index in [9.17, 15) is 19.2 Å². The lowest BCUT2D eigenvalue weighted by molar-refractivity contribution is 0.0686. The lowest BCUT2D eigenvalue weighted by Gasteiger charge is -2.17. The van der Waals surface area contributed by atoms with Gasteiger partial charge in [-0.25, -0.2) is 19.2 Å². The number of H-pyrrole nitrogens is 1. The number of aryl methyl sites for hydroxylation is 8. The molecule has 0 atom stereocenters. The number of aromatic carboxylic acids is 4. The Balaban J connectivity index is 0.000000160. The number of ether oxygens (including phenoxy) is 9. The molecular formula is C114H100Br2Cl5N5O17. The van der Waals surface area contributed by atoms with E-state index in [1.165, 1.54) is 5.56 Å². The van der Waals surface area contributed by atoms with Gasteiger partial charge in [0.2, 0.25) is 5.82 Å². The number of carbonyl (C=O) groups is 4. The Morgan fingerprint density at radius 1 is 0.343 bits per heavy atom. The number of hydrogen-bond acceptors (Lipinski definition) is 17. The quantitative estimate of drug-likeness (QED) is 0.0224. The fourth-order valence-corrected chi connectivity index (χ4v) is 17.1. The highest BCUT2D eigenvalue weighted by Gasteiger charge is 2.20. The van der Waals surface area contributed by atoms with Crippen molar-refractivity contribution in [2.75, 3.05) is 27.9 Å². The highest BCUT2D eigenvalue weighted by atomic mass is 79.9. The van der Waals surface area contributed by atoms with E-state index in [1.54, 1.807) is 125 Å². The third-order valence-corrected chi connectivity index (χ3v) is 24.3. The number of carboxylic acid groups (broad SMARTS) is 4. The van der Waals surface area contributed by atoms with Crippen LogP contribution in [0, 0.1) is 0 Å². The first-order chi connectivity index (χ1) is 69.3. The van der Waals surface area contributed by atoms with Gasteiger partial charge >= 0.3 is 23.9 Å². The van der Waals surface area contributed by atoms with E-state index in [1.807, 2.05) is 225 Å². The average Bonchev–Trinajstić information content (AvgIpc) is 1.75. The molecule has 0 aliphatic carbocycles. The highest BCUT2D eigenvalue weighted by Crippen LogP contribution is 2.40. The van der Waals surface area contributed by atoms with E-state index >= 15 is 0 Å². The van der Waals surface area contributed by atoms with Crippen LogP contribution in [-0.2, 0) is 84.4 Å². The molecule has 0 radical (unpaired) electrons. The van der Waals surface area contributed by atoms with E-state index in [4.69, 9.17) is 121 Å². The first kappa shape index (κ1) is 107. The molecule has 22 nitrogen and oxygen atoms in total. The molecular weight excluding hydrogens is 2050 g/mol. The van der Waals surface area contributed by atoms with Gasteiger partial charge in [-0.2, -0.15) is 5.21 Å². The molecule has 5 N–H and O–H groups in total. The van der Waals surface area contributed by atoms with Gasteiger partial charge in [-0.05, 0) is 295 Å². The Morgan fingerprint density at radius 3 is 1.20 bits per heavy atom. The summed E-state index contributed by atoms with van der Waals surface area (Å²) in [5.41, 5.74) is 17.0. The highest BCUT2D eigenvalue weighted by molar-refractivity contribution is 9.11. The number of benzene rings is 14. The number of carboxylic acids is 4. The zero-order valence-electron chi connectivity index (χ0n) is 78.2. The van der Waals surface area contributed by atoms with Crippen LogP contribution in [0.4, 0.5) is 0 Å². The Morgan fingerprint density at radius 2 is 0.748 bits per heavy atom. The molecule has 0 bridgehead atoms. The minimum atomic E-state index is -0.942. The lowest BCUT2D eigenvalue weighted by atomic mass is 10.0. The van der Waals surface area contributed by atoms with Gasteiger partial charge in [-0.1, -0.05) is 246 Å². The summed E-state index contributed by atoms with van der Waals surface area (Å²) in [5.74, 6) is 3.19. The molecule has 0 saturated heterocycles. The van der Waals surface area contributed by atoms with Gasteiger partial charge in [0.25, 0.3) is 0 Å². The molecule has 0 spiro atoms. The van der Waals surface area contributed by atoms with Crippen molar-refractivity contribution < 1.29 is 82.2 Å². The number of methoxy groups -OCH3 is 3. The molecule has 14 aromatic carbocycles. The maximum atomic E-state index is 11.0. The van der Waals surface area contributed by atoms with Crippen LogP contribution in [0.2, 0.25) is 25.1 Å². The molecule has 0 unspecified atom stereocenters. The molecule has 732 valence electrons. The van der Waals surface area contributed by atoms with Crippen LogP contribution < -0.4 is 42.6 Å². The molecule has 29 heteroatoms. The van der Waals surface area contributed by atoms with E-state index in [0.717, 1.165) is 148 Å². The number of pyridine rings is 1. The molecule has 16 aromatic rings. The van der Waals surface area contributed by atoms with E-state index in [-0.39, 0.29) is 28.9 Å². The maximum absolute atomic E-state index is 11.0. The van der Waals surface area contributed by atoms with Crippen molar-refractivity contribution in [3.8, 4) is 63.1 Å². The van der Waals surface area contributed by atoms with Crippen LogP contribution in [0.15, 0.2) is 331 Å². The summed E-state index contributed by atoms with van der Waals surface area (Å²) in [6.07, 6.45) is 11.3. The van der Waals surface area contributed by atoms with Crippen molar-refractivity contribution in [3.63, 3.8) is 0 Å². The molecule has 143 heavy (non-hydrogen) atoms. The second kappa shape index (κ2) is 55.7. The second-order valence-electron chi connectivity index (χ2n) is 32.0. The fraction of sp³-hybridized carbons (Fsp3) is 0.158. The third-order valence-electron chi connectivity index (χ3n) is 21.9. The first-order valence-electron chi connectivity index (χ1n) is 45.1. The summed E-state index contributed by atoms with van der Waals surface area (Å²) in [4.78, 5) is 48.3. The van der Waals surface area contributed by atoms with Crippen molar-refractivity contribution in [1.29, 1.82) is 0 Å². The van der Waals surface area contributed by atoms with Crippen molar-refractivity contribution in [3.05, 3.63) is 462 Å². The average molecular weight is 2150 g/mol. The van der Waals surface area contributed by atoms with E-state index in [0.29, 0.717) is 112 Å². The summed E-state index contributed by atoms with van der Waals surface area (Å²) in [5, 5.41) is 53.1. The van der Waals surface area contributed by atoms with Crippen molar-refractivity contribution in [1.82, 2.24) is 25.6 Å². The second-order valence-corrected chi connectivity index (χ2v) is 35.9. The molecule has 0 amide bonds. The van der Waals surface area contributed by atoms with Crippen molar-refractivity contribution in [2.45, 2.75) is 91.3 Å². The van der Waals surface area contributed by atoms with Crippen LogP contribution in [0.3, 0.4) is 0 Å². The largest absolute Gasteiger partial charge is 0.497 e. The SMILES string of the molecule is CCOc1cc(Cl)cc(CCc2ccc(C(=O)O)cc2)c1OCc1ccccc1.COc1cc(COc2c(Cl)ccnc2CCc2ccc(C(=O)O)cc2)cc(OC)c1.COc1cccc(COc2c(Br)cc(Cl)cc2CCc2ccc(-c3nn[nH]n3)cc2)c1.O=C(O)c1ccc(/C=C/c2cc(Cl)ccc2OCc2ccccc2)cc1.O=C(O)c1ccc(CCc2cc(Cl)cc(Br)c2OCc2ccccc2)cc1. The Hall–Kier alpha value is -14.5. The van der Waals surface area contributed by atoms with Gasteiger partial charge in [-0.15, -0.1) is 10.2 Å². The van der Waals surface area contributed by atoms with Gasteiger partial charge in [0, 0.05) is 49.5 Å². The monoisotopic (exact) mass is 2140 g/mol. The number of rotatable bonds is 39. The van der Waals surface area contributed by atoms with Crippen molar-refractivity contribution in [2.24, 2.45) is 0 Å². The summed E-state index contributed by atoms with van der Waals surface area (Å²) in [7, 11) is 4.85. The van der Waals surface area contributed by atoms with Crippen LogP contribution in [-0.4, -0.2) is 97.8 Å². The van der Waals surface area contributed by atoms with Gasteiger partial charge < -0.3 is 63.1 Å². The normalized spacial score (nSPS) is 10.7. The molecule has 2 heterocycles. The van der Waals surface area contributed by atoms with E-state index in [2.05, 4.69) is 69.6 Å². The fourth-order valence-electron chi connectivity index (χ4n) is 14.5. The predicted octanol–water partition coefficient (Wildman–Crippen LogP) is 28.2. The number of aromatic nitrogens is 5. The molecule has 0 saturated carbocycles. The number of aromatic amines is 1. The van der Waals surface area contributed by atoms with Crippen LogP contribution in [0.5, 0.6) is 51.7 Å². The summed E-state index contributed by atoms with van der Waals surface area (Å²) >= 11 is 38.5. The first-order valence-corrected chi connectivity index (χ1v) is 48.6. The zero-order chi connectivity index (χ0) is 101. The van der Waals surface area contributed by atoms with Crippen LogP contribution in [0.25, 0.3) is 23.5 Å². The van der Waals surface area contributed by atoms with Gasteiger partial charge in [0.1, 0.15) is 67.5 Å². The smallest absolute Gasteiger partial charge is 0.335 e. The molecule has 0 fully saturated rings. The number of hydrogen-bond donors (Lipinski definition) is 5. The lowest BCUT2D eigenvalue weighted by Crippen LogP contribution is -2.04. The molecule has 0 aliphatic heterocycles. The predicted molar refractivity (Wildman–Crippen MR) is 567 cm³/mol. The van der Waals surface area contributed by atoms with Gasteiger partial charge in [0.15, 0.2) is 17.2 Å². The van der Waals surface area contributed by atoms with Gasteiger partial charge in [0.05, 0.1) is 69.9 Å². The molecule has 2 aromatic heterocycles. The standard InChI is InChI=1S/C24H23ClO4.C23H20BrClN4O2.C23H22ClNO5.C22H18BrClO3.C22H17ClO3/c1-2-28-22-15-21(25)14-20(23(22)29-16-18-6-4-3-5-7-18)13-10-17-8-11-19(12-9-17)24(26)27;1-30-20-4-2-3-16(11-20)14-31-22-18(12-19(25)13-21(22)24)10-7-15-5-8-17(9-6-15)23-26-28-29-27-23;1-28-18-11-16(12-19(13-18)29-2)14-30-22-20(24)9-10-25-21(22)8-5-15-3-6-17(7-4-15)23(26)27;23-20-13-19(24)12-18(21(20)27-14-16-4-2-1-3-5-16)11-8-15-6-9-17(10-7-15)22(25)26;23-20-12-13-21(26-15-17-4-2-1-3-5-17)19(14-20)11-8-16-6-9-18(10-7-16)22(24)25/h3-9,11-12,14-15H,2,10,13,16H2,1H3,(H,26,27);2-6,8-9,11-13H,7,10,14H2,1H3,(H,26,27,28,29);3-4,6-7,9-13H,5,8,14H2,1-2H3,(H,26,27);1-7,9-10,12-13H,8,11,14H2,(H,25,26);1-14H,15H2,(H,24,25)/b;;;;11-8+. The summed E-state index contributed by atoms with van der Waals surface area (Å²) in [6, 6.07) is 97.1.